The van der Waals surface area contributed by atoms with Crippen LogP contribution in [0, 0.1) is 0 Å². The van der Waals surface area contributed by atoms with Gasteiger partial charge in [0.25, 0.3) is 0 Å². The zero-order valence-corrected chi connectivity index (χ0v) is 8.94. The standard InChI is InChI=1S/BH2O3.K.H2O4S/c2-1(3)4;;1-5(2,3)4/h2-3H;;(H2,1,2,3,4)/q-1;+1;. The van der Waals surface area contributed by atoms with Crippen molar-refractivity contribution in [1.29, 1.82) is 0 Å². The van der Waals surface area contributed by atoms with E-state index >= 15 is 0 Å². The molecule has 0 aliphatic rings. The van der Waals surface area contributed by atoms with E-state index in [0.717, 1.165) is 0 Å². The third-order valence-electron chi connectivity index (χ3n) is 0. The fraction of sp³-hybridized carbons (Fsp3) is 0. The molecule has 0 bridgehead atoms. The molecule has 0 aromatic carbocycles. The van der Waals surface area contributed by atoms with E-state index < -0.39 is 17.7 Å². The maximum absolute atomic E-state index is 8.74. The van der Waals surface area contributed by atoms with E-state index in [1.807, 2.05) is 0 Å². The minimum Gasteiger partial charge on any atom is -0.832 e. The van der Waals surface area contributed by atoms with Crippen molar-refractivity contribution in [3.63, 3.8) is 0 Å². The Morgan fingerprint density at radius 1 is 1.20 bits per heavy atom. The summed E-state index contributed by atoms with van der Waals surface area (Å²) in [4.78, 5) is 0. The predicted octanol–water partition coefficient (Wildman–Crippen LogP) is -6.33. The quantitative estimate of drug-likeness (QED) is 0.224. The number of hydrogen-bond donors (Lipinski definition) is 4. The fourth-order valence-electron chi connectivity index (χ4n) is 0. The zero-order valence-electron chi connectivity index (χ0n) is 5.00. The van der Waals surface area contributed by atoms with Gasteiger partial charge in [0.15, 0.2) is 0 Å². The molecule has 0 amide bonds. The molecule has 10 heteroatoms. The molecular weight excluding hydrogens is 194 g/mol. The Bertz CT molecular complexity index is 125. The van der Waals surface area contributed by atoms with Crippen LogP contribution in [-0.2, 0) is 10.4 Å². The van der Waals surface area contributed by atoms with Crippen LogP contribution in [0.5, 0.6) is 0 Å². The van der Waals surface area contributed by atoms with Gasteiger partial charge in [0.05, 0.1) is 0 Å². The molecule has 10 heavy (non-hydrogen) atoms. The van der Waals surface area contributed by atoms with Crippen molar-refractivity contribution in [2.45, 2.75) is 0 Å². The zero-order chi connectivity index (χ0) is 8.08. The second-order valence-electron chi connectivity index (χ2n) is 0.774. The van der Waals surface area contributed by atoms with Crippen molar-refractivity contribution in [3.8, 4) is 0 Å². The first-order valence-electron chi connectivity index (χ1n) is 1.45. The summed E-state index contributed by atoms with van der Waals surface area (Å²) in [5.41, 5.74) is 0. The van der Waals surface area contributed by atoms with Gasteiger partial charge in [-0.2, -0.15) is 8.42 Å². The van der Waals surface area contributed by atoms with E-state index in [1.54, 1.807) is 0 Å². The molecule has 0 fully saturated rings. The molecule has 0 spiro atoms. The molecule has 0 aromatic heterocycles. The molecule has 0 rings (SSSR count). The third kappa shape index (κ3) is 320. The monoisotopic (exact) mass is 198 g/mol. The minimum absolute atomic E-state index is 0. The van der Waals surface area contributed by atoms with Gasteiger partial charge in [-0.15, -0.1) is 0 Å². The van der Waals surface area contributed by atoms with Gasteiger partial charge in [-0.25, -0.2) is 0 Å². The van der Waals surface area contributed by atoms with Crippen molar-refractivity contribution in [2.75, 3.05) is 0 Å². The predicted molar refractivity (Wildman–Crippen MR) is 24.4 cm³/mol. The minimum atomic E-state index is -4.67. The molecule has 56 valence electrons. The Morgan fingerprint density at radius 2 is 1.20 bits per heavy atom. The Balaban J connectivity index is -0.0000000910. The average Bonchev–Trinajstić information content (AvgIpc) is 1.19. The van der Waals surface area contributed by atoms with Crippen LogP contribution in [0.3, 0.4) is 0 Å². The van der Waals surface area contributed by atoms with Crippen molar-refractivity contribution in [2.24, 2.45) is 0 Å². The molecular formula is H4BKO7S. The molecule has 4 N–H and O–H groups in total. The summed E-state index contributed by atoms with van der Waals surface area (Å²) in [5.74, 6) is 0. The van der Waals surface area contributed by atoms with Crippen LogP contribution in [0.1, 0.15) is 0 Å². The fourth-order valence-corrected chi connectivity index (χ4v) is 0. The van der Waals surface area contributed by atoms with Gasteiger partial charge in [0.1, 0.15) is 0 Å². The van der Waals surface area contributed by atoms with Crippen LogP contribution >= 0.6 is 0 Å². The van der Waals surface area contributed by atoms with Gasteiger partial charge >= 0.3 is 69.1 Å². The van der Waals surface area contributed by atoms with Crippen LogP contribution in [-0.4, -0.2) is 34.9 Å². The first-order chi connectivity index (χ1) is 3.73. The molecule has 0 heterocycles. The Kier molecular flexibility index (Phi) is 15.0. The summed E-state index contributed by atoms with van der Waals surface area (Å²) >= 11 is 0. The van der Waals surface area contributed by atoms with Crippen molar-refractivity contribution in [3.05, 3.63) is 0 Å². The maximum Gasteiger partial charge on any atom is 1.00 e. The SMILES string of the molecule is O=S(=O)(O)O.[K+].[O-]B(O)O. The molecule has 0 aromatic rings. The molecule has 0 atom stereocenters. The van der Waals surface area contributed by atoms with E-state index in [0.29, 0.717) is 0 Å². The Morgan fingerprint density at radius 3 is 1.20 bits per heavy atom. The van der Waals surface area contributed by atoms with E-state index in [-0.39, 0.29) is 51.4 Å². The largest absolute Gasteiger partial charge is 1.00 e. The average molecular weight is 198 g/mol. The second-order valence-corrected chi connectivity index (χ2v) is 1.67. The second kappa shape index (κ2) is 8.55. The first kappa shape index (κ1) is 17.5. The summed E-state index contributed by atoms with van der Waals surface area (Å²) in [6.07, 6.45) is 0. The Hall–Kier alpha value is 1.45. The summed E-state index contributed by atoms with van der Waals surface area (Å²) in [5, 5.41) is 22.8. The van der Waals surface area contributed by atoms with E-state index in [9.17, 15) is 0 Å². The van der Waals surface area contributed by atoms with Gasteiger partial charge in [-0.3, -0.25) is 9.11 Å². The topological polar surface area (TPSA) is 138 Å². The van der Waals surface area contributed by atoms with Crippen molar-refractivity contribution >= 4 is 17.7 Å². The summed E-state index contributed by atoms with van der Waals surface area (Å²) in [6, 6.07) is 0. The molecule has 0 saturated carbocycles. The van der Waals surface area contributed by atoms with Crippen LogP contribution in [0.25, 0.3) is 0 Å². The van der Waals surface area contributed by atoms with Crippen LogP contribution < -0.4 is 56.4 Å². The molecule has 0 saturated heterocycles. The Labute approximate surface area is 100 Å². The van der Waals surface area contributed by atoms with Crippen molar-refractivity contribution in [1.82, 2.24) is 0 Å². The van der Waals surface area contributed by atoms with E-state index in [4.69, 9.17) is 32.6 Å². The third-order valence-corrected chi connectivity index (χ3v) is 0. The number of hydrogen-bond acceptors (Lipinski definition) is 5. The van der Waals surface area contributed by atoms with Gasteiger partial charge in [0.2, 0.25) is 0 Å². The number of rotatable bonds is 0. The van der Waals surface area contributed by atoms with E-state index in [2.05, 4.69) is 0 Å². The molecule has 0 aliphatic carbocycles. The summed E-state index contributed by atoms with van der Waals surface area (Å²) in [6.45, 7) is 0. The van der Waals surface area contributed by atoms with Crippen LogP contribution in [0.4, 0.5) is 0 Å². The molecule has 0 radical (unpaired) electrons. The normalized spacial score (nSPS) is 8.50. The van der Waals surface area contributed by atoms with E-state index in [1.165, 1.54) is 0 Å². The molecule has 7 nitrogen and oxygen atoms in total. The van der Waals surface area contributed by atoms with Gasteiger partial charge in [-0.1, -0.05) is 0 Å². The maximum atomic E-state index is 8.74. The van der Waals surface area contributed by atoms with Gasteiger partial charge < -0.3 is 15.1 Å². The van der Waals surface area contributed by atoms with Gasteiger partial charge in [0, 0.05) is 0 Å². The van der Waals surface area contributed by atoms with Crippen LogP contribution in [0.15, 0.2) is 0 Å². The first-order valence-corrected chi connectivity index (χ1v) is 2.85. The van der Waals surface area contributed by atoms with Crippen molar-refractivity contribution < 1.29 is 84.0 Å². The summed E-state index contributed by atoms with van der Waals surface area (Å²) in [7, 11) is -7.08. The molecule has 0 aliphatic heterocycles. The summed E-state index contributed by atoms with van der Waals surface area (Å²) < 4.78 is 31.6. The smallest absolute Gasteiger partial charge is 0.832 e. The van der Waals surface area contributed by atoms with Gasteiger partial charge in [-0.05, 0) is 0 Å². The van der Waals surface area contributed by atoms with Crippen LogP contribution in [0.2, 0.25) is 0 Å². The molecule has 0 unspecified atom stereocenters.